The number of amides is 1. The molecule has 0 atom stereocenters. The van der Waals surface area contributed by atoms with E-state index >= 15 is 0 Å². The second kappa shape index (κ2) is 7.47. The lowest BCUT2D eigenvalue weighted by Crippen LogP contribution is -2.34. The summed E-state index contributed by atoms with van der Waals surface area (Å²) in [6.45, 7) is 0. The monoisotopic (exact) mass is 385 g/mol. The van der Waals surface area contributed by atoms with Crippen molar-refractivity contribution >= 4 is 57.0 Å². The lowest BCUT2D eigenvalue weighted by Gasteiger charge is -2.12. The topological polar surface area (TPSA) is 84.3 Å². The molecule has 0 saturated heterocycles. The van der Waals surface area contributed by atoms with E-state index in [0.29, 0.717) is 0 Å². The van der Waals surface area contributed by atoms with E-state index in [1.165, 1.54) is 12.1 Å². The van der Waals surface area contributed by atoms with Crippen LogP contribution >= 0.6 is 23.8 Å². The fraction of sp³-hybridized carbons (Fsp3) is 0. The van der Waals surface area contributed by atoms with Crippen molar-refractivity contribution in [2.75, 3.05) is 5.32 Å². The van der Waals surface area contributed by atoms with E-state index in [9.17, 15) is 14.9 Å². The molecule has 26 heavy (non-hydrogen) atoms. The summed E-state index contributed by atoms with van der Waals surface area (Å²) in [4.78, 5) is 22.6. The number of hydrogen-bond donors (Lipinski definition) is 2. The number of benzene rings is 3. The Hall–Kier alpha value is -3.03. The van der Waals surface area contributed by atoms with Crippen molar-refractivity contribution in [3.63, 3.8) is 0 Å². The molecule has 1 amide bonds. The van der Waals surface area contributed by atoms with Gasteiger partial charge in [0.15, 0.2) is 5.11 Å². The maximum Gasteiger partial charge on any atom is 0.288 e. The summed E-state index contributed by atoms with van der Waals surface area (Å²) in [5, 5.41) is 18.4. The number of hydrogen-bond acceptors (Lipinski definition) is 4. The Labute approximate surface area is 158 Å². The predicted octanol–water partition coefficient (Wildman–Crippen LogP) is 4.53. The van der Waals surface area contributed by atoms with Crippen LogP contribution in [0.4, 0.5) is 11.4 Å². The number of nitrogens with zero attached hydrogens (tertiary/aromatic N) is 1. The molecule has 6 nitrogen and oxygen atoms in total. The molecule has 3 rings (SSSR count). The molecule has 2 N–H and O–H groups in total. The largest absolute Gasteiger partial charge is 0.332 e. The molecular weight excluding hydrogens is 374 g/mol. The number of thiocarbonyl (C=S) groups is 1. The Morgan fingerprint density at radius 3 is 2.58 bits per heavy atom. The maximum atomic E-state index is 12.3. The molecule has 0 bridgehead atoms. The van der Waals surface area contributed by atoms with Crippen molar-refractivity contribution in [3.05, 3.63) is 81.4 Å². The first kappa shape index (κ1) is 17.8. The zero-order valence-corrected chi connectivity index (χ0v) is 14.8. The summed E-state index contributed by atoms with van der Waals surface area (Å²) in [6, 6.07) is 17.2. The molecular formula is C18H12ClN3O3S. The summed E-state index contributed by atoms with van der Waals surface area (Å²) in [7, 11) is 0. The molecule has 0 radical (unpaired) electrons. The number of nitrogens with one attached hydrogen (secondary N) is 2. The minimum absolute atomic E-state index is 0.0389. The van der Waals surface area contributed by atoms with Crippen LogP contribution in [0.1, 0.15) is 10.4 Å². The second-order valence-electron chi connectivity index (χ2n) is 5.36. The van der Waals surface area contributed by atoms with Crippen LogP contribution in [-0.4, -0.2) is 15.9 Å². The second-order valence-corrected chi connectivity index (χ2v) is 6.17. The van der Waals surface area contributed by atoms with E-state index in [1.807, 2.05) is 42.5 Å². The molecule has 8 heteroatoms. The maximum absolute atomic E-state index is 12.3. The third-order valence-corrected chi connectivity index (χ3v) is 4.19. The van der Waals surface area contributed by atoms with Crippen molar-refractivity contribution in [3.8, 4) is 0 Å². The smallest absolute Gasteiger partial charge is 0.288 e. The number of rotatable bonds is 3. The van der Waals surface area contributed by atoms with Gasteiger partial charge in [-0.25, -0.2) is 0 Å². The van der Waals surface area contributed by atoms with E-state index < -0.39 is 10.8 Å². The highest BCUT2D eigenvalue weighted by Gasteiger charge is 2.17. The SMILES string of the molecule is O=C(NC(=S)Nc1cccc2ccccc12)c1ccc(Cl)c([N+](=O)[O-])c1. The highest BCUT2D eigenvalue weighted by atomic mass is 35.5. The first-order chi connectivity index (χ1) is 12.5. The lowest BCUT2D eigenvalue weighted by atomic mass is 10.1. The first-order valence-electron chi connectivity index (χ1n) is 7.50. The van der Waals surface area contributed by atoms with E-state index in [1.54, 1.807) is 0 Å². The number of nitro groups is 1. The Bertz CT molecular complexity index is 1030. The fourth-order valence-electron chi connectivity index (χ4n) is 2.46. The molecule has 0 unspecified atom stereocenters. The third-order valence-electron chi connectivity index (χ3n) is 3.67. The van der Waals surface area contributed by atoms with Gasteiger partial charge in [0.05, 0.1) is 4.92 Å². The summed E-state index contributed by atoms with van der Waals surface area (Å²) in [6.07, 6.45) is 0. The van der Waals surface area contributed by atoms with Crippen molar-refractivity contribution < 1.29 is 9.72 Å². The number of nitro benzene ring substituents is 1. The standard InChI is InChI=1S/C18H12ClN3O3S/c19-14-9-8-12(10-16(14)22(24)25)17(23)21-18(26)20-15-7-3-5-11-4-1-2-6-13(11)15/h1-10H,(H2,20,21,23,26). The molecule has 3 aromatic carbocycles. The van der Waals surface area contributed by atoms with E-state index in [0.717, 1.165) is 22.5 Å². The number of fused-ring (bicyclic) bond motifs is 1. The average molecular weight is 386 g/mol. The van der Waals surface area contributed by atoms with Crippen molar-refractivity contribution in [2.45, 2.75) is 0 Å². The first-order valence-corrected chi connectivity index (χ1v) is 8.28. The summed E-state index contributed by atoms with van der Waals surface area (Å²) < 4.78 is 0. The van der Waals surface area contributed by atoms with Crippen molar-refractivity contribution in [2.24, 2.45) is 0 Å². The van der Waals surface area contributed by atoms with Gasteiger partial charge in [-0.15, -0.1) is 0 Å². The van der Waals surface area contributed by atoms with E-state index in [4.69, 9.17) is 23.8 Å². The molecule has 0 aromatic heterocycles. The Kier molecular flexibility index (Phi) is 5.11. The summed E-state index contributed by atoms with van der Waals surface area (Å²) in [5.74, 6) is -0.567. The molecule has 0 heterocycles. The van der Waals surface area contributed by atoms with Crippen LogP contribution < -0.4 is 10.6 Å². The molecule has 0 aliphatic heterocycles. The fourth-order valence-corrected chi connectivity index (χ4v) is 2.85. The van der Waals surface area contributed by atoms with Gasteiger partial charge in [-0.2, -0.15) is 0 Å². The van der Waals surface area contributed by atoms with Crippen LogP contribution in [0.2, 0.25) is 5.02 Å². The van der Waals surface area contributed by atoms with Gasteiger partial charge < -0.3 is 5.32 Å². The van der Waals surface area contributed by atoms with Gasteiger partial charge >= 0.3 is 0 Å². The number of carbonyl (C=O) groups excluding carboxylic acids is 1. The summed E-state index contributed by atoms with van der Waals surface area (Å²) in [5.41, 5.74) is 0.492. The molecule has 0 spiro atoms. The average Bonchev–Trinajstić information content (AvgIpc) is 2.62. The zero-order valence-electron chi connectivity index (χ0n) is 13.2. The van der Waals surface area contributed by atoms with Crippen LogP contribution in [0, 0.1) is 10.1 Å². The van der Waals surface area contributed by atoms with Crippen LogP contribution in [0.25, 0.3) is 10.8 Å². The van der Waals surface area contributed by atoms with Crippen molar-refractivity contribution in [1.82, 2.24) is 5.32 Å². The van der Waals surface area contributed by atoms with Gasteiger partial charge in [-0.05, 0) is 35.8 Å². The number of carbonyl (C=O) groups is 1. The quantitative estimate of drug-likeness (QED) is 0.393. The number of anilines is 1. The van der Waals surface area contributed by atoms with Crippen LogP contribution in [0.15, 0.2) is 60.7 Å². The predicted molar refractivity (Wildman–Crippen MR) is 106 cm³/mol. The molecule has 0 aliphatic rings. The Morgan fingerprint density at radius 2 is 1.81 bits per heavy atom. The lowest BCUT2D eigenvalue weighted by molar-refractivity contribution is -0.384. The van der Waals surface area contributed by atoms with Gasteiger partial charge in [0.1, 0.15) is 5.02 Å². The van der Waals surface area contributed by atoms with Gasteiger partial charge in [0.25, 0.3) is 11.6 Å². The third kappa shape index (κ3) is 3.79. The number of halogens is 1. The minimum Gasteiger partial charge on any atom is -0.332 e. The molecule has 0 saturated carbocycles. The van der Waals surface area contributed by atoms with Gasteiger partial charge in [-0.3, -0.25) is 20.2 Å². The van der Waals surface area contributed by atoms with Crippen LogP contribution in [-0.2, 0) is 0 Å². The van der Waals surface area contributed by atoms with Gasteiger partial charge in [-0.1, -0.05) is 48.0 Å². The highest BCUT2D eigenvalue weighted by Crippen LogP contribution is 2.25. The Morgan fingerprint density at radius 1 is 1.08 bits per heavy atom. The highest BCUT2D eigenvalue weighted by molar-refractivity contribution is 7.80. The molecule has 0 aliphatic carbocycles. The Balaban J connectivity index is 1.77. The molecule has 3 aromatic rings. The molecule has 130 valence electrons. The normalized spacial score (nSPS) is 10.3. The summed E-state index contributed by atoms with van der Waals surface area (Å²) >= 11 is 10.9. The van der Waals surface area contributed by atoms with Crippen LogP contribution in [0.3, 0.4) is 0 Å². The van der Waals surface area contributed by atoms with E-state index in [-0.39, 0.29) is 21.4 Å². The van der Waals surface area contributed by atoms with Crippen molar-refractivity contribution in [1.29, 1.82) is 0 Å². The zero-order chi connectivity index (χ0) is 18.7. The molecule has 0 fully saturated rings. The van der Waals surface area contributed by atoms with Gasteiger partial charge in [0, 0.05) is 22.7 Å². The van der Waals surface area contributed by atoms with E-state index in [2.05, 4.69) is 10.6 Å². The van der Waals surface area contributed by atoms with Crippen LogP contribution in [0.5, 0.6) is 0 Å². The van der Waals surface area contributed by atoms with Gasteiger partial charge in [0.2, 0.25) is 0 Å². The minimum atomic E-state index is -0.647.